The van der Waals surface area contributed by atoms with Crippen molar-refractivity contribution < 1.29 is 9.47 Å². The fraction of sp³-hybridized carbons (Fsp3) is 0. The Balaban J connectivity index is 1.34. The highest BCUT2D eigenvalue weighted by Crippen LogP contribution is 2.50. The maximum Gasteiger partial charge on any atom is 0.256 e. The second-order valence-electron chi connectivity index (χ2n) is 13.2. The standard InChI is InChI=1S/C42H24B2N2O2/c1-2-13-25(14-3-1)45-33-22-9-5-17-28(33)43-29-18-6-10-23-34(29)48-42-36(43)39(45)41-37-40(42)46-32-21-8-4-15-26(32)27-16-12-20-31(38(27)46)44(37)30-19-7-11-24-35(30)47-41/h1-24H. The number of hydrogen-bond donors (Lipinski definition) is 0. The second kappa shape index (κ2) is 8.81. The van der Waals surface area contributed by atoms with Gasteiger partial charge in [-0.1, -0.05) is 109 Å². The molecule has 1 aromatic heterocycles. The molecular weight excluding hydrogens is 586 g/mol. The summed E-state index contributed by atoms with van der Waals surface area (Å²) in [6.07, 6.45) is 0. The SMILES string of the molecule is c1ccc(N2c3ccccc3B3c4ccccc4Oc4c3c2c2c3c4-n4c5ccccc5c5cccc(c54)B3c3ccccc3O2)cc1. The Hall–Kier alpha value is -6.13. The summed E-state index contributed by atoms with van der Waals surface area (Å²) in [7, 11) is 0. The summed E-state index contributed by atoms with van der Waals surface area (Å²) in [5.74, 6) is 3.62. The van der Waals surface area contributed by atoms with E-state index in [9.17, 15) is 0 Å². The lowest BCUT2D eigenvalue weighted by atomic mass is 9.31. The van der Waals surface area contributed by atoms with E-state index in [-0.39, 0.29) is 13.4 Å². The first kappa shape index (κ1) is 25.0. The van der Waals surface area contributed by atoms with Gasteiger partial charge >= 0.3 is 0 Å². The van der Waals surface area contributed by atoms with Crippen molar-refractivity contribution in [1.82, 2.24) is 4.57 Å². The van der Waals surface area contributed by atoms with Crippen LogP contribution in [-0.4, -0.2) is 18.0 Å². The van der Waals surface area contributed by atoms with Gasteiger partial charge in [0, 0.05) is 38.6 Å². The van der Waals surface area contributed by atoms with Gasteiger partial charge in [0.2, 0.25) is 0 Å². The van der Waals surface area contributed by atoms with E-state index in [1.165, 1.54) is 43.7 Å². The van der Waals surface area contributed by atoms with Crippen LogP contribution in [0.25, 0.3) is 27.5 Å². The van der Waals surface area contributed by atoms with Crippen LogP contribution in [0.4, 0.5) is 17.1 Å². The van der Waals surface area contributed by atoms with Crippen molar-refractivity contribution in [2.75, 3.05) is 4.90 Å². The molecule has 0 N–H and O–H groups in total. The minimum Gasteiger partial charge on any atom is -0.456 e. The minimum absolute atomic E-state index is 0.0315. The fourth-order valence-corrected chi connectivity index (χ4v) is 9.11. The molecule has 4 nitrogen and oxygen atoms in total. The average molecular weight is 610 g/mol. The molecule has 5 heterocycles. The van der Waals surface area contributed by atoms with Gasteiger partial charge in [0.1, 0.15) is 23.0 Å². The molecule has 12 rings (SSSR count). The summed E-state index contributed by atoms with van der Waals surface area (Å²) in [5, 5.41) is 2.50. The fourth-order valence-electron chi connectivity index (χ4n) is 9.11. The van der Waals surface area contributed by atoms with Gasteiger partial charge in [-0.05, 0) is 58.2 Å². The van der Waals surface area contributed by atoms with E-state index < -0.39 is 0 Å². The Morgan fingerprint density at radius 1 is 0.438 bits per heavy atom. The van der Waals surface area contributed by atoms with Gasteiger partial charge in [-0.25, -0.2) is 0 Å². The summed E-state index contributed by atoms with van der Waals surface area (Å²) in [5.41, 5.74) is 14.0. The molecular formula is C42H24B2N2O2. The zero-order chi connectivity index (χ0) is 31.1. The van der Waals surface area contributed by atoms with Crippen molar-refractivity contribution in [2.45, 2.75) is 0 Å². The minimum atomic E-state index is -0.0358. The van der Waals surface area contributed by atoms with E-state index in [4.69, 9.17) is 9.47 Å². The van der Waals surface area contributed by atoms with Crippen LogP contribution in [0.2, 0.25) is 0 Å². The lowest BCUT2D eigenvalue weighted by Gasteiger charge is -2.44. The lowest BCUT2D eigenvalue weighted by Crippen LogP contribution is -2.63. The van der Waals surface area contributed by atoms with E-state index in [1.54, 1.807) is 0 Å². The van der Waals surface area contributed by atoms with Crippen LogP contribution >= 0.6 is 0 Å². The molecule has 0 unspecified atom stereocenters. The third kappa shape index (κ3) is 2.91. The molecule has 0 amide bonds. The number of fused-ring (bicyclic) bond motifs is 13. The van der Waals surface area contributed by atoms with E-state index >= 15 is 0 Å². The summed E-state index contributed by atoms with van der Waals surface area (Å²) in [4.78, 5) is 2.41. The highest BCUT2D eigenvalue weighted by Gasteiger charge is 2.50. The van der Waals surface area contributed by atoms with Gasteiger partial charge in [0.25, 0.3) is 13.4 Å². The lowest BCUT2D eigenvalue weighted by molar-refractivity contribution is 0.475. The number of nitrogens with zero attached hydrogens (tertiary/aromatic N) is 2. The first-order valence-corrected chi connectivity index (χ1v) is 16.6. The molecule has 48 heavy (non-hydrogen) atoms. The smallest absolute Gasteiger partial charge is 0.256 e. The largest absolute Gasteiger partial charge is 0.456 e. The summed E-state index contributed by atoms with van der Waals surface area (Å²) in [6, 6.07) is 52.3. The van der Waals surface area contributed by atoms with E-state index in [2.05, 4.69) is 155 Å². The molecule has 0 saturated carbocycles. The molecule has 0 radical (unpaired) electrons. The quantitative estimate of drug-likeness (QED) is 0.210. The van der Waals surface area contributed by atoms with Crippen LogP contribution in [0.5, 0.6) is 23.0 Å². The zero-order valence-electron chi connectivity index (χ0n) is 25.7. The maximum absolute atomic E-state index is 7.24. The number of rotatable bonds is 1. The predicted molar refractivity (Wildman–Crippen MR) is 198 cm³/mol. The monoisotopic (exact) mass is 610 g/mol. The number of benzene rings is 7. The first-order chi connectivity index (χ1) is 23.9. The molecule has 8 aromatic rings. The van der Waals surface area contributed by atoms with Crippen LogP contribution in [0, 0.1) is 0 Å². The Bertz CT molecular complexity index is 2720. The van der Waals surface area contributed by atoms with Crippen molar-refractivity contribution in [3.8, 4) is 28.7 Å². The van der Waals surface area contributed by atoms with E-state index in [0.717, 1.165) is 56.7 Å². The third-order valence-corrected chi connectivity index (χ3v) is 10.9. The number of aromatic nitrogens is 1. The van der Waals surface area contributed by atoms with Crippen molar-refractivity contribution in [1.29, 1.82) is 0 Å². The van der Waals surface area contributed by atoms with Crippen LogP contribution in [0.15, 0.2) is 146 Å². The van der Waals surface area contributed by atoms with Crippen molar-refractivity contribution in [3.05, 3.63) is 146 Å². The van der Waals surface area contributed by atoms with Gasteiger partial charge in [-0.2, -0.15) is 0 Å². The highest BCUT2D eigenvalue weighted by molar-refractivity contribution is 7.02. The number of anilines is 3. The summed E-state index contributed by atoms with van der Waals surface area (Å²) >= 11 is 0. The summed E-state index contributed by atoms with van der Waals surface area (Å²) < 4.78 is 17.0. The van der Waals surface area contributed by atoms with Gasteiger partial charge < -0.3 is 18.9 Å². The number of hydrogen-bond acceptors (Lipinski definition) is 3. The number of ether oxygens (including phenoxy) is 2. The number of para-hydroxylation sites is 6. The molecule has 4 aliphatic rings. The molecule has 0 spiro atoms. The zero-order valence-corrected chi connectivity index (χ0v) is 25.7. The van der Waals surface area contributed by atoms with E-state index in [1.807, 2.05) is 0 Å². The highest BCUT2D eigenvalue weighted by atomic mass is 16.5. The first-order valence-electron chi connectivity index (χ1n) is 16.6. The third-order valence-electron chi connectivity index (χ3n) is 10.9. The molecule has 7 aromatic carbocycles. The second-order valence-corrected chi connectivity index (χ2v) is 13.2. The molecule has 0 aliphatic carbocycles. The Morgan fingerprint density at radius 3 is 1.79 bits per heavy atom. The van der Waals surface area contributed by atoms with E-state index in [0.29, 0.717) is 0 Å². The van der Waals surface area contributed by atoms with Gasteiger partial charge in [0.15, 0.2) is 0 Å². The van der Waals surface area contributed by atoms with Crippen LogP contribution < -0.4 is 47.2 Å². The van der Waals surface area contributed by atoms with Gasteiger partial charge in [0.05, 0.1) is 16.9 Å². The van der Waals surface area contributed by atoms with Crippen molar-refractivity contribution >= 4 is 85.1 Å². The molecule has 0 atom stereocenters. The topological polar surface area (TPSA) is 26.6 Å². The molecule has 0 fully saturated rings. The average Bonchev–Trinajstić information content (AvgIpc) is 3.49. The Kier molecular flexibility index (Phi) is 4.59. The summed E-state index contributed by atoms with van der Waals surface area (Å²) in [6.45, 7) is -0.0672. The van der Waals surface area contributed by atoms with Gasteiger partial charge in [-0.15, -0.1) is 0 Å². The molecule has 0 saturated heterocycles. The van der Waals surface area contributed by atoms with Crippen molar-refractivity contribution in [2.24, 2.45) is 0 Å². The van der Waals surface area contributed by atoms with Gasteiger partial charge in [-0.3, -0.25) is 0 Å². The molecule has 0 bridgehead atoms. The van der Waals surface area contributed by atoms with Crippen LogP contribution in [0.3, 0.4) is 0 Å². The van der Waals surface area contributed by atoms with Crippen LogP contribution in [-0.2, 0) is 0 Å². The van der Waals surface area contributed by atoms with Crippen molar-refractivity contribution in [3.63, 3.8) is 0 Å². The maximum atomic E-state index is 7.24. The molecule has 6 heteroatoms. The predicted octanol–water partition coefficient (Wildman–Crippen LogP) is 6.12. The molecule has 220 valence electrons. The van der Waals surface area contributed by atoms with Crippen LogP contribution in [0.1, 0.15) is 0 Å². The Labute approximate surface area is 277 Å². The normalized spacial score (nSPS) is 14.0. The molecule has 4 aliphatic heterocycles. The Morgan fingerprint density at radius 2 is 1.00 bits per heavy atom.